The molecular formula is C24H34ClN3O3. The van der Waals surface area contributed by atoms with E-state index in [1.165, 1.54) is 11.3 Å². The zero-order chi connectivity index (χ0) is 22.4. The zero-order valence-electron chi connectivity index (χ0n) is 19.0. The summed E-state index contributed by atoms with van der Waals surface area (Å²) in [6.45, 7) is 11.0. The van der Waals surface area contributed by atoms with Crippen LogP contribution in [0.3, 0.4) is 0 Å². The van der Waals surface area contributed by atoms with Gasteiger partial charge in [0.15, 0.2) is 0 Å². The van der Waals surface area contributed by atoms with E-state index in [4.69, 9.17) is 21.1 Å². The second-order valence-corrected chi connectivity index (χ2v) is 9.55. The lowest BCUT2D eigenvalue weighted by atomic mass is 10.0. The van der Waals surface area contributed by atoms with Crippen LogP contribution < -0.4 is 10.2 Å². The van der Waals surface area contributed by atoms with Gasteiger partial charge in [-0.1, -0.05) is 11.6 Å². The molecule has 1 saturated heterocycles. The minimum absolute atomic E-state index is 0.295. The van der Waals surface area contributed by atoms with Crippen LogP contribution in [0.25, 0.3) is 10.9 Å². The number of hydrogen-bond acceptors (Lipinski definition) is 5. The third-order valence-corrected chi connectivity index (χ3v) is 5.71. The van der Waals surface area contributed by atoms with E-state index in [2.05, 4.69) is 34.3 Å². The van der Waals surface area contributed by atoms with Gasteiger partial charge in [0.05, 0.1) is 16.6 Å². The highest BCUT2D eigenvalue weighted by atomic mass is 35.5. The van der Waals surface area contributed by atoms with E-state index in [0.29, 0.717) is 12.6 Å². The molecule has 1 aliphatic rings. The van der Waals surface area contributed by atoms with Gasteiger partial charge < -0.3 is 19.7 Å². The van der Waals surface area contributed by atoms with Crippen molar-refractivity contribution in [3.8, 4) is 0 Å². The van der Waals surface area contributed by atoms with Crippen LogP contribution >= 0.6 is 11.6 Å². The van der Waals surface area contributed by atoms with Gasteiger partial charge in [-0.2, -0.15) is 0 Å². The number of hydrogen-bond donors (Lipinski definition) is 1. The largest absolute Gasteiger partial charge is 0.444 e. The molecule has 2 aromatic rings. The molecule has 3 rings (SSSR count). The van der Waals surface area contributed by atoms with Crippen molar-refractivity contribution in [3.63, 3.8) is 0 Å². The predicted molar refractivity (Wildman–Crippen MR) is 126 cm³/mol. The van der Waals surface area contributed by atoms with Gasteiger partial charge in [0.2, 0.25) is 0 Å². The van der Waals surface area contributed by atoms with Gasteiger partial charge in [0, 0.05) is 43.5 Å². The van der Waals surface area contributed by atoms with Crippen LogP contribution in [0.1, 0.15) is 52.0 Å². The Balaban J connectivity index is 1.37. The molecule has 0 aliphatic carbocycles. The smallest absolute Gasteiger partial charge is 0.407 e. The van der Waals surface area contributed by atoms with Crippen molar-refractivity contribution < 1.29 is 14.3 Å². The number of alkyl carbamates (subject to hydrolysis) is 1. The highest BCUT2D eigenvalue weighted by Crippen LogP contribution is 2.31. The van der Waals surface area contributed by atoms with Crippen LogP contribution in [0.4, 0.5) is 10.5 Å². The van der Waals surface area contributed by atoms with Crippen LogP contribution in [0.2, 0.25) is 5.02 Å². The van der Waals surface area contributed by atoms with E-state index in [1.54, 1.807) is 6.20 Å². The first-order valence-electron chi connectivity index (χ1n) is 11.1. The summed E-state index contributed by atoms with van der Waals surface area (Å²) >= 11 is 6.31. The van der Waals surface area contributed by atoms with Gasteiger partial charge in [-0.25, -0.2) is 4.79 Å². The first-order valence-corrected chi connectivity index (χ1v) is 11.5. The van der Waals surface area contributed by atoms with Gasteiger partial charge in [-0.05, 0) is 77.1 Å². The van der Waals surface area contributed by atoms with Crippen molar-refractivity contribution in [1.82, 2.24) is 10.3 Å². The summed E-state index contributed by atoms with van der Waals surface area (Å²) in [6.07, 6.45) is 5.52. The fourth-order valence-corrected chi connectivity index (χ4v) is 4.05. The molecule has 1 aliphatic heterocycles. The lowest BCUT2D eigenvalue weighted by Gasteiger charge is -2.34. The summed E-state index contributed by atoms with van der Waals surface area (Å²) in [6, 6.07) is 6.11. The number of carbonyl (C=O) groups is 1. The van der Waals surface area contributed by atoms with Crippen LogP contribution in [0.15, 0.2) is 24.4 Å². The summed E-state index contributed by atoms with van der Waals surface area (Å²) in [5.74, 6) is 0. The fraction of sp³-hybridized carbons (Fsp3) is 0.583. The molecule has 0 bridgehead atoms. The molecule has 0 atom stereocenters. The minimum atomic E-state index is -0.461. The average Bonchev–Trinajstić information content (AvgIpc) is 2.70. The van der Waals surface area contributed by atoms with Gasteiger partial charge in [-0.3, -0.25) is 4.98 Å². The quantitative estimate of drug-likeness (QED) is 0.569. The van der Waals surface area contributed by atoms with E-state index in [9.17, 15) is 4.79 Å². The molecule has 2 heterocycles. The number of halogens is 1. The van der Waals surface area contributed by atoms with Crippen molar-refractivity contribution in [1.29, 1.82) is 0 Å². The summed E-state index contributed by atoms with van der Waals surface area (Å²) in [7, 11) is 0. The van der Waals surface area contributed by atoms with Crippen LogP contribution in [-0.4, -0.2) is 49.0 Å². The molecule has 1 N–H and O–H groups in total. The maximum Gasteiger partial charge on any atom is 0.407 e. The second-order valence-electron chi connectivity index (χ2n) is 9.14. The van der Waals surface area contributed by atoms with Gasteiger partial charge in [0.25, 0.3) is 0 Å². The monoisotopic (exact) mass is 447 g/mol. The Morgan fingerprint density at radius 2 is 2.00 bits per heavy atom. The Bertz CT molecular complexity index is 890. The van der Waals surface area contributed by atoms with Gasteiger partial charge >= 0.3 is 6.09 Å². The third-order valence-electron chi connectivity index (χ3n) is 5.38. The van der Waals surface area contributed by atoms with E-state index in [1.807, 2.05) is 26.8 Å². The van der Waals surface area contributed by atoms with E-state index < -0.39 is 5.60 Å². The number of benzene rings is 1. The zero-order valence-corrected chi connectivity index (χ0v) is 19.8. The molecular weight excluding hydrogens is 414 g/mol. The van der Waals surface area contributed by atoms with Crippen molar-refractivity contribution in [2.45, 2.75) is 65.1 Å². The maximum atomic E-state index is 11.6. The molecule has 0 spiro atoms. The Labute approximate surface area is 190 Å². The molecule has 31 heavy (non-hydrogen) atoms. The highest BCUT2D eigenvalue weighted by Gasteiger charge is 2.21. The standard InChI is InChI=1S/C24H34ClN3O3/c1-17-15-19-20(25)7-11-26-21(19)16-22(17)28-12-8-18(9-13-28)30-14-6-5-10-27-23(29)31-24(2,3)4/h7,11,15-16,18H,5-6,8-10,12-14H2,1-4H3,(H,27,29). The molecule has 1 aromatic heterocycles. The lowest BCUT2D eigenvalue weighted by molar-refractivity contribution is 0.0342. The van der Waals surface area contributed by atoms with Crippen molar-refractivity contribution in [3.05, 3.63) is 35.0 Å². The SMILES string of the molecule is Cc1cc2c(Cl)ccnc2cc1N1CCC(OCCCCNC(=O)OC(C)(C)C)CC1. The summed E-state index contributed by atoms with van der Waals surface area (Å²) in [5, 5.41) is 4.53. The highest BCUT2D eigenvalue weighted by molar-refractivity contribution is 6.35. The van der Waals surface area contributed by atoms with E-state index >= 15 is 0 Å². The fourth-order valence-electron chi connectivity index (χ4n) is 3.84. The molecule has 0 saturated carbocycles. The van der Waals surface area contributed by atoms with Crippen molar-refractivity contribution in [2.75, 3.05) is 31.1 Å². The third kappa shape index (κ3) is 6.97. The first-order chi connectivity index (χ1) is 14.7. The molecule has 0 radical (unpaired) electrons. The first kappa shape index (κ1) is 23.6. The average molecular weight is 448 g/mol. The van der Waals surface area contributed by atoms with Gasteiger partial charge in [-0.15, -0.1) is 0 Å². The second kappa shape index (κ2) is 10.5. The number of pyridine rings is 1. The molecule has 6 nitrogen and oxygen atoms in total. The van der Waals surface area contributed by atoms with Gasteiger partial charge in [0.1, 0.15) is 5.60 Å². The van der Waals surface area contributed by atoms with Crippen LogP contribution in [-0.2, 0) is 9.47 Å². The molecule has 170 valence electrons. The predicted octanol–water partition coefficient (Wildman–Crippen LogP) is 5.49. The molecule has 1 amide bonds. The number of ether oxygens (including phenoxy) is 2. The number of unbranched alkanes of at least 4 members (excludes halogenated alkanes) is 1. The van der Waals surface area contributed by atoms with Crippen molar-refractivity contribution >= 4 is 34.3 Å². The topological polar surface area (TPSA) is 63.7 Å². The maximum absolute atomic E-state index is 11.6. The number of aryl methyl sites for hydroxylation is 1. The normalized spacial score (nSPS) is 15.3. The summed E-state index contributed by atoms with van der Waals surface area (Å²) in [4.78, 5) is 18.5. The molecule has 1 fully saturated rings. The number of piperidine rings is 1. The van der Waals surface area contributed by atoms with Crippen LogP contribution in [0, 0.1) is 6.92 Å². The van der Waals surface area contributed by atoms with E-state index in [0.717, 1.165) is 61.3 Å². The number of nitrogens with zero attached hydrogens (tertiary/aromatic N) is 2. The molecule has 7 heteroatoms. The minimum Gasteiger partial charge on any atom is -0.444 e. The van der Waals surface area contributed by atoms with E-state index in [-0.39, 0.29) is 6.09 Å². The Morgan fingerprint density at radius 1 is 1.26 bits per heavy atom. The number of fused-ring (bicyclic) bond motifs is 1. The number of carbonyl (C=O) groups excluding carboxylic acids is 1. The van der Waals surface area contributed by atoms with Crippen LogP contribution in [0.5, 0.6) is 0 Å². The Hall–Kier alpha value is -2.05. The molecule has 1 aromatic carbocycles. The number of amides is 1. The summed E-state index contributed by atoms with van der Waals surface area (Å²) < 4.78 is 11.3. The number of nitrogens with one attached hydrogen (secondary N) is 1. The summed E-state index contributed by atoms with van der Waals surface area (Å²) in [5.41, 5.74) is 2.93. The number of aromatic nitrogens is 1. The van der Waals surface area contributed by atoms with Crippen molar-refractivity contribution in [2.24, 2.45) is 0 Å². The Kier molecular flexibility index (Phi) is 8.00. The number of rotatable bonds is 7. The lowest BCUT2D eigenvalue weighted by Crippen LogP contribution is -2.37. The number of anilines is 1. The Morgan fingerprint density at radius 3 is 2.71 bits per heavy atom. The molecule has 0 unspecified atom stereocenters.